The molecule has 0 spiro atoms. The van der Waals surface area contributed by atoms with Crippen molar-refractivity contribution < 1.29 is 0 Å². The highest BCUT2D eigenvalue weighted by Gasteiger charge is 2.33. The van der Waals surface area contributed by atoms with E-state index in [1.54, 1.807) is 0 Å². The number of likely N-dealkylation sites (tertiary alicyclic amines) is 1. The molecule has 2 rings (SSSR count). The average molecular weight is 252 g/mol. The number of nitrogens with two attached hydrogens (primary N) is 1. The van der Waals surface area contributed by atoms with E-state index in [1.165, 1.54) is 70.9 Å². The predicted molar refractivity (Wildman–Crippen MR) is 78.6 cm³/mol. The summed E-state index contributed by atoms with van der Waals surface area (Å²) in [7, 11) is 0. The molecular formula is C16H32N2. The maximum Gasteiger partial charge on any atom is 0.0218 e. The first kappa shape index (κ1) is 14.3. The number of hydrogen-bond acceptors (Lipinski definition) is 2. The van der Waals surface area contributed by atoms with E-state index >= 15 is 0 Å². The highest BCUT2D eigenvalue weighted by molar-refractivity contribution is 4.86. The van der Waals surface area contributed by atoms with Gasteiger partial charge in [0.1, 0.15) is 0 Å². The number of nitrogens with zero attached hydrogens (tertiary/aromatic N) is 1. The van der Waals surface area contributed by atoms with E-state index < -0.39 is 0 Å². The SMILES string of the molecule is CCCCCC(CN)N1CCC2CCCCC2C1. The second-order valence-electron chi connectivity index (χ2n) is 6.47. The van der Waals surface area contributed by atoms with Crippen molar-refractivity contribution in [1.82, 2.24) is 4.90 Å². The molecule has 0 amide bonds. The Labute approximate surface area is 113 Å². The Morgan fingerprint density at radius 1 is 1.11 bits per heavy atom. The lowest BCUT2D eigenvalue weighted by molar-refractivity contribution is 0.0555. The molecule has 2 aliphatic rings. The van der Waals surface area contributed by atoms with Crippen LogP contribution in [0.25, 0.3) is 0 Å². The fourth-order valence-electron chi connectivity index (χ4n) is 4.04. The van der Waals surface area contributed by atoms with Gasteiger partial charge in [0.2, 0.25) is 0 Å². The molecule has 2 fully saturated rings. The van der Waals surface area contributed by atoms with E-state index in [2.05, 4.69) is 11.8 Å². The van der Waals surface area contributed by atoms with Gasteiger partial charge in [0, 0.05) is 19.1 Å². The van der Waals surface area contributed by atoms with Crippen LogP contribution in [0.3, 0.4) is 0 Å². The second kappa shape index (κ2) is 7.49. The molecule has 0 radical (unpaired) electrons. The van der Waals surface area contributed by atoms with E-state index in [9.17, 15) is 0 Å². The monoisotopic (exact) mass is 252 g/mol. The van der Waals surface area contributed by atoms with Crippen LogP contribution in [0, 0.1) is 11.8 Å². The fourth-order valence-corrected chi connectivity index (χ4v) is 4.04. The van der Waals surface area contributed by atoms with E-state index in [4.69, 9.17) is 5.73 Å². The van der Waals surface area contributed by atoms with Gasteiger partial charge in [-0.3, -0.25) is 4.90 Å². The van der Waals surface area contributed by atoms with E-state index in [-0.39, 0.29) is 0 Å². The van der Waals surface area contributed by atoms with Crippen molar-refractivity contribution in [2.45, 2.75) is 70.8 Å². The third kappa shape index (κ3) is 3.71. The van der Waals surface area contributed by atoms with Crippen molar-refractivity contribution in [1.29, 1.82) is 0 Å². The molecule has 2 heteroatoms. The Bertz CT molecular complexity index is 229. The Morgan fingerprint density at radius 2 is 1.89 bits per heavy atom. The molecule has 1 aliphatic heterocycles. The summed E-state index contributed by atoms with van der Waals surface area (Å²) >= 11 is 0. The minimum atomic E-state index is 0.666. The average Bonchev–Trinajstić information content (AvgIpc) is 2.43. The molecule has 106 valence electrons. The Morgan fingerprint density at radius 3 is 2.61 bits per heavy atom. The largest absolute Gasteiger partial charge is 0.329 e. The molecule has 1 aliphatic carbocycles. The summed E-state index contributed by atoms with van der Waals surface area (Å²) in [5.74, 6) is 2.04. The van der Waals surface area contributed by atoms with Crippen LogP contribution in [-0.2, 0) is 0 Å². The molecule has 0 aromatic heterocycles. The third-order valence-corrected chi connectivity index (χ3v) is 5.25. The fraction of sp³-hybridized carbons (Fsp3) is 1.00. The molecule has 0 bridgehead atoms. The summed E-state index contributed by atoms with van der Waals surface area (Å²) in [4.78, 5) is 2.72. The Kier molecular flexibility index (Phi) is 5.97. The summed E-state index contributed by atoms with van der Waals surface area (Å²) in [6.45, 7) is 5.81. The van der Waals surface area contributed by atoms with Gasteiger partial charge in [0.25, 0.3) is 0 Å². The summed E-state index contributed by atoms with van der Waals surface area (Å²) in [5.41, 5.74) is 6.01. The first-order chi connectivity index (χ1) is 8.85. The van der Waals surface area contributed by atoms with Crippen molar-refractivity contribution in [3.63, 3.8) is 0 Å². The topological polar surface area (TPSA) is 29.3 Å². The van der Waals surface area contributed by atoms with Gasteiger partial charge in [-0.05, 0) is 37.6 Å². The van der Waals surface area contributed by atoms with Crippen LogP contribution in [0.4, 0.5) is 0 Å². The van der Waals surface area contributed by atoms with Gasteiger partial charge in [-0.25, -0.2) is 0 Å². The van der Waals surface area contributed by atoms with Gasteiger partial charge in [-0.15, -0.1) is 0 Å². The molecule has 1 saturated carbocycles. The number of piperidine rings is 1. The van der Waals surface area contributed by atoms with Gasteiger partial charge < -0.3 is 5.73 Å². The minimum absolute atomic E-state index is 0.666. The molecule has 2 nitrogen and oxygen atoms in total. The molecule has 0 aromatic carbocycles. The first-order valence-electron chi connectivity index (χ1n) is 8.29. The quantitative estimate of drug-likeness (QED) is 0.734. The molecular weight excluding hydrogens is 220 g/mol. The normalized spacial score (nSPS) is 31.0. The highest BCUT2D eigenvalue weighted by Crippen LogP contribution is 2.36. The van der Waals surface area contributed by atoms with E-state index in [1.807, 2.05) is 0 Å². The summed E-state index contributed by atoms with van der Waals surface area (Å²) in [6, 6.07) is 0.666. The lowest BCUT2D eigenvalue weighted by Crippen LogP contribution is -2.49. The zero-order chi connectivity index (χ0) is 12.8. The third-order valence-electron chi connectivity index (χ3n) is 5.25. The van der Waals surface area contributed by atoms with Crippen LogP contribution in [0.1, 0.15) is 64.7 Å². The predicted octanol–water partition coefficient (Wildman–Crippen LogP) is 3.41. The van der Waals surface area contributed by atoms with Crippen molar-refractivity contribution in [3.05, 3.63) is 0 Å². The molecule has 18 heavy (non-hydrogen) atoms. The van der Waals surface area contributed by atoms with Gasteiger partial charge in [0.15, 0.2) is 0 Å². The van der Waals surface area contributed by atoms with Gasteiger partial charge >= 0.3 is 0 Å². The van der Waals surface area contributed by atoms with Crippen molar-refractivity contribution in [3.8, 4) is 0 Å². The lowest BCUT2D eigenvalue weighted by Gasteiger charge is -2.44. The van der Waals surface area contributed by atoms with Crippen LogP contribution in [0.2, 0.25) is 0 Å². The van der Waals surface area contributed by atoms with Crippen molar-refractivity contribution in [2.24, 2.45) is 17.6 Å². The smallest absolute Gasteiger partial charge is 0.0218 e. The summed E-state index contributed by atoms with van der Waals surface area (Å²) < 4.78 is 0. The van der Waals surface area contributed by atoms with Crippen LogP contribution in [-0.4, -0.2) is 30.6 Å². The highest BCUT2D eigenvalue weighted by atomic mass is 15.2. The maximum absolute atomic E-state index is 6.01. The first-order valence-corrected chi connectivity index (χ1v) is 8.29. The summed E-state index contributed by atoms with van der Waals surface area (Å²) in [6.07, 6.45) is 12.8. The van der Waals surface area contributed by atoms with Crippen LogP contribution >= 0.6 is 0 Å². The van der Waals surface area contributed by atoms with E-state index in [0.29, 0.717) is 6.04 Å². The molecule has 3 unspecified atom stereocenters. The molecule has 3 atom stereocenters. The molecule has 1 heterocycles. The number of unbranched alkanes of at least 4 members (excludes halogenated alkanes) is 2. The lowest BCUT2D eigenvalue weighted by atomic mass is 9.75. The Hall–Kier alpha value is -0.0800. The molecule has 2 N–H and O–H groups in total. The van der Waals surface area contributed by atoms with Crippen LogP contribution < -0.4 is 5.73 Å². The second-order valence-corrected chi connectivity index (χ2v) is 6.47. The zero-order valence-electron chi connectivity index (χ0n) is 12.2. The van der Waals surface area contributed by atoms with Crippen molar-refractivity contribution >= 4 is 0 Å². The van der Waals surface area contributed by atoms with Crippen LogP contribution in [0.15, 0.2) is 0 Å². The maximum atomic E-state index is 6.01. The van der Waals surface area contributed by atoms with Gasteiger partial charge in [0.05, 0.1) is 0 Å². The van der Waals surface area contributed by atoms with Gasteiger partial charge in [-0.1, -0.05) is 45.4 Å². The minimum Gasteiger partial charge on any atom is -0.329 e. The summed E-state index contributed by atoms with van der Waals surface area (Å²) in [5, 5.41) is 0. The Balaban J connectivity index is 1.80. The number of hydrogen-bond donors (Lipinski definition) is 1. The molecule has 1 saturated heterocycles. The van der Waals surface area contributed by atoms with Crippen LogP contribution in [0.5, 0.6) is 0 Å². The zero-order valence-corrected chi connectivity index (χ0v) is 12.2. The standard InChI is InChI=1S/C16H32N2/c1-2-3-4-9-16(12-17)18-11-10-14-7-5-6-8-15(14)13-18/h14-16H,2-13,17H2,1H3. The number of rotatable bonds is 6. The van der Waals surface area contributed by atoms with Crippen molar-refractivity contribution in [2.75, 3.05) is 19.6 Å². The molecule has 0 aromatic rings. The number of fused-ring (bicyclic) bond motifs is 1. The van der Waals surface area contributed by atoms with Gasteiger partial charge in [-0.2, -0.15) is 0 Å². The van der Waals surface area contributed by atoms with E-state index in [0.717, 1.165) is 18.4 Å².